The maximum atomic E-state index is 13.6. The second-order valence-electron chi connectivity index (χ2n) is 3.87. The average molecular weight is 313 g/mol. The summed E-state index contributed by atoms with van der Waals surface area (Å²) in [4.78, 5) is 4.06. The quantitative estimate of drug-likeness (QED) is 0.855. The summed E-state index contributed by atoms with van der Waals surface area (Å²) in [5.74, 6) is -1.14. The van der Waals surface area contributed by atoms with Gasteiger partial charge in [0.05, 0.1) is 11.7 Å². The predicted octanol–water partition coefficient (Wildman–Crippen LogP) is 4.30. The second-order valence-corrected chi connectivity index (χ2v) is 4.62. The monoisotopic (exact) mass is 312 g/mol. The fraction of sp³-hybridized carbons (Fsp3) is 0.154. The first-order chi connectivity index (χ1) is 8.58. The molecule has 0 fully saturated rings. The maximum Gasteiger partial charge on any atom is 0.131 e. The van der Waals surface area contributed by atoms with Crippen molar-refractivity contribution in [1.29, 1.82) is 0 Å². The topological polar surface area (TPSA) is 24.9 Å². The lowest BCUT2D eigenvalue weighted by Crippen LogP contribution is -2.09. The summed E-state index contributed by atoms with van der Waals surface area (Å²) in [6, 6.07) is 6.88. The Kier molecular flexibility index (Phi) is 3.91. The van der Waals surface area contributed by atoms with Crippen molar-refractivity contribution in [2.24, 2.45) is 0 Å². The van der Waals surface area contributed by atoms with Crippen LogP contribution in [0.1, 0.15) is 18.5 Å². The third kappa shape index (κ3) is 2.85. The first kappa shape index (κ1) is 13.0. The molecule has 0 bridgehead atoms. The minimum atomic E-state index is -0.578. The Balaban J connectivity index is 2.22. The highest BCUT2D eigenvalue weighted by Crippen LogP contribution is 2.25. The van der Waals surface area contributed by atoms with E-state index in [-0.39, 0.29) is 6.04 Å². The lowest BCUT2D eigenvalue weighted by Gasteiger charge is -2.17. The molecular formula is C13H11BrF2N2. The summed E-state index contributed by atoms with van der Waals surface area (Å²) in [6.07, 6.45) is 1.65. The van der Waals surface area contributed by atoms with Crippen LogP contribution in [0.15, 0.2) is 41.1 Å². The van der Waals surface area contributed by atoms with Gasteiger partial charge in [-0.15, -0.1) is 0 Å². The number of aromatic nitrogens is 1. The smallest absolute Gasteiger partial charge is 0.131 e. The molecule has 94 valence electrons. The molecule has 0 amide bonds. The van der Waals surface area contributed by atoms with Crippen LogP contribution in [0.25, 0.3) is 0 Å². The Bertz CT molecular complexity index is 560. The van der Waals surface area contributed by atoms with E-state index in [1.807, 2.05) is 6.07 Å². The molecule has 2 rings (SSSR count). The molecule has 1 unspecified atom stereocenters. The Labute approximate surface area is 112 Å². The SMILES string of the molecule is CC(Nc1cccnc1Br)c1ccc(F)cc1F. The van der Waals surface area contributed by atoms with Crippen molar-refractivity contribution in [3.8, 4) is 0 Å². The molecule has 0 saturated carbocycles. The molecule has 18 heavy (non-hydrogen) atoms. The van der Waals surface area contributed by atoms with Crippen molar-refractivity contribution in [1.82, 2.24) is 4.98 Å². The summed E-state index contributed by atoms with van der Waals surface area (Å²) in [5.41, 5.74) is 1.17. The molecule has 5 heteroatoms. The Morgan fingerprint density at radius 1 is 1.28 bits per heavy atom. The highest BCUT2D eigenvalue weighted by Gasteiger charge is 2.12. The van der Waals surface area contributed by atoms with E-state index < -0.39 is 11.6 Å². The van der Waals surface area contributed by atoms with E-state index in [1.54, 1.807) is 19.2 Å². The molecular weight excluding hydrogens is 302 g/mol. The number of nitrogens with one attached hydrogen (secondary N) is 1. The molecule has 1 aromatic heterocycles. The molecule has 0 spiro atoms. The first-order valence-corrected chi connectivity index (χ1v) is 6.19. The lowest BCUT2D eigenvalue weighted by molar-refractivity contribution is 0.566. The van der Waals surface area contributed by atoms with Crippen LogP contribution >= 0.6 is 15.9 Å². The number of hydrogen-bond acceptors (Lipinski definition) is 2. The Morgan fingerprint density at radius 3 is 2.72 bits per heavy atom. The van der Waals surface area contributed by atoms with Gasteiger partial charge >= 0.3 is 0 Å². The van der Waals surface area contributed by atoms with Gasteiger partial charge in [0.2, 0.25) is 0 Å². The van der Waals surface area contributed by atoms with Gasteiger partial charge in [-0.1, -0.05) is 6.07 Å². The minimum absolute atomic E-state index is 0.286. The van der Waals surface area contributed by atoms with Crippen LogP contribution in [0.4, 0.5) is 14.5 Å². The van der Waals surface area contributed by atoms with Crippen LogP contribution in [0.3, 0.4) is 0 Å². The summed E-state index contributed by atoms with van der Waals surface area (Å²) < 4.78 is 27.1. The maximum absolute atomic E-state index is 13.6. The van der Waals surface area contributed by atoms with Crippen LogP contribution in [0.5, 0.6) is 0 Å². The van der Waals surface area contributed by atoms with Gasteiger partial charge in [0.1, 0.15) is 16.2 Å². The number of benzene rings is 1. The minimum Gasteiger partial charge on any atom is -0.376 e. The van der Waals surface area contributed by atoms with Crippen molar-refractivity contribution in [3.63, 3.8) is 0 Å². The van der Waals surface area contributed by atoms with Gasteiger partial charge in [0, 0.05) is 17.8 Å². The normalized spacial score (nSPS) is 12.2. The number of anilines is 1. The molecule has 1 atom stereocenters. The van der Waals surface area contributed by atoms with Crippen LogP contribution in [-0.4, -0.2) is 4.98 Å². The van der Waals surface area contributed by atoms with Crippen molar-refractivity contribution < 1.29 is 8.78 Å². The van der Waals surface area contributed by atoms with Gasteiger partial charge in [0.15, 0.2) is 0 Å². The first-order valence-electron chi connectivity index (χ1n) is 5.40. The molecule has 0 aliphatic rings. The van der Waals surface area contributed by atoms with E-state index in [4.69, 9.17) is 0 Å². The summed E-state index contributed by atoms with van der Waals surface area (Å²) >= 11 is 3.30. The summed E-state index contributed by atoms with van der Waals surface area (Å²) in [6.45, 7) is 1.80. The molecule has 1 heterocycles. The van der Waals surface area contributed by atoms with Crippen molar-refractivity contribution in [2.45, 2.75) is 13.0 Å². The average Bonchev–Trinajstić information content (AvgIpc) is 2.32. The van der Waals surface area contributed by atoms with Crippen molar-refractivity contribution in [2.75, 3.05) is 5.32 Å². The molecule has 2 aromatic rings. The molecule has 0 aliphatic heterocycles. The highest BCUT2D eigenvalue weighted by atomic mass is 79.9. The van der Waals surface area contributed by atoms with Crippen LogP contribution in [0, 0.1) is 11.6 Å². The summed E-state index contributed by atoms with van der Waals surface area (Å²) in [5, 5.41) is 3.11. The molecule has 1 N–H and O–H groups in total. The third-order valence-electron chi connectivity index (χ3n) is 2.56. The van der Waals surface area contributed by atoms with Gasteiger partial charge < -0.3 is 5.32 Å². The van der Waals surface area contributed by atoms with Gasteiger partial charge in [-0.05, 0) is 41.1 Å². The van der Waals surface area contributed by atoms with Crippen LogP contribution in [-0.2, 0) is 0 Å². The number of pyridine rings is 1. The Morgan fingerprint density at radius 2 is 2.06 bits per heavy atom. The largest absolute Gasteiger partial charge is 0.376 e. The second kappa shape index (κ2) is 5.44. The predicted molar refractivity (Wildman–Crippen MR) is 70.3 cm³/mol. The van der Waals surface area contributed by atoms with Crippen molar-refractivity contribution in [3.05, 3.63) is 58.3 Å². The van der Waals surface area contributed by atoms with Crippen LogP contribution in [0.2, 0.25) is 0 Å². The molecule has 0 radical (unpaired) electrons. The van der Waals surface area contributed by atoms with E-state index in [0.717, 1.165) is 11.8 Å². The van der Waals surface area contributed by atoms with E-state index in [0.29, 0.717) is 10.2 Å². The molecule has 0 aliphatic carbocycles. The number of nitrogens with zero attached hydrogens (tertiary/aromatic N) is 1. The van der Waals surface area contributed by atoms with E-state index >= 15 is 0 Å². The Hall–Kier alpha value is -1.49. The lowest BCUT2D eigenvalue weighted by atomic mass is 10.1. The zero-order valence-electron chi connectivity index (χ0n) is 9.62. The van der Waals surface area contributed by atoms with Gasteiger partial charge in [-0.2, -0.15) is 0 Å². The van der Waals surface area contributed by atoms with E-state index in [1.165, 1.54) is 12.1 Å². The van der Waals surface area contributed by atoms with Gasteiger partial charge in [-0.3, -0.25) is 0 Å². The zero-order valence-corrected chi connectivity index (χ0v) is 11.2. The van der Waals surface area contributed by atoms with E-state index in [9.17, 15) is 8.78 Å². The molecule has 2 nitrogen and oxygen atoms in total. The third-order valence-corrected chi connectivity index (χ3v) is 3.19. The molecule has 1 aromatic carbocycles. The summed E-state index contributed by atoms with van der Waals surface area (Å²) in [7, 11) is 0. The number of rotatable bonds is 3. The van der Waals surface area contributed by atoms with E-state index in [2.05, 4.69) is 26.2 Å². The fourth-order valence-corrected chi connectivity index (χ4v) is 2.02. The van der Waals surface area contributed by atoms with Crippen molar-refractivity contribution >= 4 is 21.6 Å². The van der Waals surface area contributed by atoms with Crippen LogP contribution < -0.4 is 5.32 Å². The number of hydrogen-bond donors (Lipinski definition) is 1. The highest BCUT2D eigenvalue weighted by molar-refractivity contribution is 9.10. The fourth-order valence-electron chi connectivity index (χ4n) is 1.66. The standard InChI is InChI=1S/C13H11BrF2N2/c1-8(10-5-4-9(15)7-11(10)16)18-12-3-2-6-17-13(12)14/h2-8,18H,1H3. The van der Waals surface area contributed by atoms with Gasteiger partial charge in [0.25, 0.3) is 0 Å². The number of halogens is 3. The molecule has 0 saturated heterocycles. The zero-order chi connectivity index (χ0) is 13.1. The van der Waals surface area contributed by atoms with Gasteiger partial charge in [-0.25, -0.2) is 13.8 Å².